The first-order valence-corrected chi connectivity index (χ1v) is 8.23. The van der Waals surface area contributed by atoms with Gasteiger partial charge in [0.15, 0.2) is 18.2 Å². The Morgan fingerprint density at radius 1 is 1.22 bits per heavy atom. The van der Waals surface area contributed by atoms with Crippen LogP contribution in [0.4, 0.5) is 8.78 Å². The van der Waals surface area contributed by atoms with Crippen LogP contribution >= 0.6 is 11.8 Å². The minimum Gasteiger partial charge on any atom is -0.481 e. The monoisotopic (exact) mass is 337 g/mol. The van der Waals surface area contributed by atoms with Crippen LogP contribution in [0.25, 0.3) is 0 Å². The van der Waals surface area contributed by atoms with Crippen molar-refractivity contribution in [1.29, 1.82) is 0 Å². The van der Waals surface area contributed by atoms with Crippen LogP contribution in [-0.2, 0) is 4.79 Å². The molecule has 6 heteroatoms. The van der Waals surface area contributed by atoms with Gasteiger partial charge in [0.05, 0.1) is 6.04 Å². The molecule has 0 saturated carbocycles. The lowest BCUT2D eigenvalue weighted by Crippen LogP contribution is -2.31. The highest BCUT2D eigenvalue weighted by molar-refractivity contribution is 7.98. The lowest BCUT2D eigenvalue weighted by atomic mass is 10.1. The van der Waals surface area contributed by atoms with E-state index in [1.807, 2.05) is 37.4 Å². The Balaban J connectivity index is 1.88. The van der Waals surface area contributed by atoms with Gasteiger partial charge in [0.25, 0.3) is 5.91 Å². The second-order valence-electron chi connectivity index (χ2n) is 4.93. The van der Waals surface area contributed by atoms with E-state index in [1.54, 1.807) is 11.8 Å². The zero-order valence-corrected chi connectivity index (χ0v) is 13.6. The summed E-state index contributed by atoms with van der Waals surface area (Å²) < 4.78 is 31.3. The molecule has 0 fully saturated rings. The smallest absolute Gasteiger partial charge is 0.258 e. The number of hydrogen-bond donors (Lipinski definition) is 1. The highest BCUT2D eigenvalue weighted by Crippen LogP contribution is 2.19. The molecule has 1 unspecified atom stereocenters. The van der Waals surface area contributed by atoms with Crippen molar-refractivity contribution in [3.63, 3.8) is 0 Å². The summed E-state index contributed by atoms with van der Waals surface area (Å²) in [7, 11) is 0. The second-order valence-corrected chi connectivity index (χ2v) is 5.81. The number of hydrogen-bond acceptors (Lipinski definition) is 3. The van der Waals surface area contributed by atoms with Crippen molar-refractivity contribution in [1.82, 2.24) is 5.32 Å². The molecule has 0 aliphatic heterocycles. The van der Waals surface area contributed by atoms with Crippen molar-refractivity contribution < 1.29 is 18.3 Å². The van der Waals surface area contributed by atoms with Crippen LogP contribution in [0.5, 0.6) is 5.75 Å². The summed E-state index contributed by atoms with van der Waals surface area (Å²) in [5.41, 5.74) is 0.962. The minimum atomic E-state index is -0.835. The summed E-state index contributed by atoms with van der Waals surface area (Å²) in [4.78, 5) is 13.0. The number of amides is 1. The number of nitrogens with one attached hydrogen (secondary N) is 1. The Morgan fingerprint density at radius 2 is 1.91 bits per heavy atom. The Hall–Kier alpha value is -2.08. The molecule has 122 valence electrons. The van der Waals surface area contributed by atoms with E-state index in [1.165, 1.54) is 0 Å². The number of rotatable bonds is 6. The van der Waals surface area contributed by atoms with Crippen LogP contribution < -0.4 is 10.1 Å². The number of ether oxygens (including phenoxy) is 1. The third kappa shape index (κ3) is 4.96. The molecule has 0 aromatic heterocycles. The van der Waals surface area contributed by atoms with Gasteiger partial charge in [0.1, 0.15) is 5.82 Å². The van der Waals surface area contributed by atoms with Gasteiger partial charge in [-0.15, -0.1) is 11.8 Å². The minimum absolute atomic E-state index is 0.154. The van der Waals surface area contributed by atoms with E-state index in [4.69, 9.17) is 4.74 Å². The first-order valence-electron chi connectivity index (χ1n) is 7.00. The summed E-state index contributed by atoms with van der Waals surface area (Å²) in [5, 5.41) is 2.77. The Kier molecular flexibility index (Phi) is 5.98. The van der Waals surface area contributed by atoms with Crippen molar-refractivity contribution in [2.24, 2.45) is 0 Å². The number of thioether (sulfide) groups is 1. The first kappa shape index (κ1) is 17.3. The van der Waals surface area contributed by atoms with Gasteiger partial charge in [-0.1, -0.05) is 12.1 Å². The molecule has 1 atom stereocenters. The molecule has 2 rings (SSSR count). The zero-order valence-electron chi connectivity index (χ0n) is 12.8. The molecule has 0 aliphatic carbocycles. The number of benzene rings is 2. The molecular weight excluding hydrogens is 320 g/mol. The van der Waals surface area contributed by atoms with Crippen LogP contribution in [0.3, 0.4) is 0 Å². The summed E-state index contributed by atoms with van der Waals surface area (Å²) in [6.07, 6.45) is 1.99. The van der Waals surface area contributed by atoms with Gasteiger partial charge in [-0.05, 0) is 43.0 Å². The summed E-state index contributed by atoms with van der Waals surface area (Å²) in [6.45, 7) is 1.51. The van der Waals surface area contributed by atoms with Gasteiger partial charge in [0, 0.05) is 11.0 Å². The molecule has 1 amide bonds. The van der Waals surface area contributed by atoms with E-state index in [-0.39, 0.29) is 24.3 Å². The first-order chi connectivity index (χ1) is 11.0. The molecule has 23 heavy (non-hydrogen) atoms. The van der Waals surface area contributed by atoms with Crippen molar-refractivity contribution in [2.45, 2.75) is 17.9 Å². The Bertz CT molecular complexity index is 677. The lowest BCUT2D eigenvalue weighted by Gasteiger charge is -2.15. The summed E-state index contributed by atoms with van der Waals surface area (Å²) in [6, 6.07) is 10.6. The fourth-order valence-corrected chi connectivity index (χ4v) is 2.40. The fourth-order valence-electron chi connectivity index (χ4n) is 1.99. The molecule has 0 heterocycles. The van der Waals surface area contributed by atoms with Crippen molar-refractivity contribution in [2.75, 3.05) is 12.9 Å². The van der Waals surface area contributed by atoms with Crippen molar-refractivity contribution in [3.05, 3.63) is 59.7 Å². The predicted octanol–water partition coefficient (Wildman–Crippen LogP) is 3.94. The average molecular weight is 337 g/mol. The Labute approximate surface area is 138 Å². The van der Waals surface area contributed by atoms with Gasteiger partial charge in [-0.25, -0.2) is 8.78 Å². The number of carbonyl (C=O) groups excluding carboxylic acids is 1. The fraction of sp³-hybridized carbons (Fsp3) is 0.235. The molecule has 0 radical (unpaired) electrons. The average Bonchev–Trinajstić information content (AvgIpc) is 2.54. The maximum Gasteiger partial charge on any atom is 0.258 e. The van der Waals surface area contributed by atoms with Gasteiger partial charge >= 0.3 is 0 Å². The molecular formula is C17H17F2NO2S. The summed E-state index contributed by atoms with van der Waals surface area (Å²) >= 11 is 1.64. The van der Waals surface area contributed by atoms with Crippen LogP contribution in [0, 0.1) is 11.6 Å². The van der Waals surface area contributed by atoms with E-state index in [9.17, 15) is 13.6 Å². The van der Waals surface area contributed by atoms with Crippen molar-refractivity contribution >= 4 is 17.7 Å². The number of carbonyl (C=O) groups is 1. The van der Waals surface area contributed by atoms with Gasteiger partial charge < -0.3 is 10.1 Å². The molecule has 1 N–H and O–H groups in total. The number of halogens is 2. The van der Waals surface area contributed by atoms with Crippen LogP contribution in [0.2, 0.25) is 0 Å². The maximum atomic E-state index is 13.4. The molecule has 0 saturated heterocycles. The third-order valence-electron chi connectivity index (χ3n) is 3.25. The molecule has 0 spiro atoms. The van der Waals surface area contributed by atoms with Crippen LogP contribution in [0.1, 0.15) is 18.5 Å². The lowest BCUT2D eigenvalue weighted by molar-refractivity contribution is -0.123. The van der Waals surface area contributed by atoms with E-state index >= 15 is 0 Å². The van der Waals surface area contributed by atoms with E-state index in [0.29, 0.717) is 6.07 Å². The highest BCUT2D eigenvalue weighted by atomic mass is 32.2. The maximum absolute atomic E-state index is 13.4. The molecule has 2 aromatic carbocycles. The predicted molar refractivity (Wildman–Crippen MR) is 86.6 cm³/mol. The second kappa shape index (κ2) is 7.97. The quantitative estimate of drug-likeness (QED) is 0.812. The van der Waals surface area contributed by atoms with E-state index < -0.39 is 11.6 Å². The molecule has 0 aliphatic rings. The van der Waals surface area contributed by atoms with Crippen LogP contribution in [-0.4, -0.2) is 18.8 Å². The van der Waals surface area contributed by atoms with Crippen LogP contribution in [0.15, 0.2) is 47.4 Å². The zero-order chi connectivity index (χ0) is 16.8. The SMILES string of the molecule is CSc1ccc(C(C)NC(=O)COc2ccc(F)cc2F)cc1. The van der Waals surface area contributed by atoms with Crippen molar-refractivity contribution in [3.8, 4) is 5.75 Å². The molecule has 3 nitrogen and oxygen atoms in total. The Morgan fingerprint density at radius 3 is 2.52 bits per heavy atom. The van der Waals surface area contributed by atoms with Gasteiger partial charge in [-0.2, -0.15) is 0 Å². The molecule has 2 aromatic rings. The normalized spacial score (nSPS) is 11.8. The highest BCUT2D eigenvalue weighted by Gasteiger charge is 2.12. The van der Waals surface area contributed by atoms with E-state index in [0.717, 1.165) is 22.6 Å². The third-order valence-corrected chi connectivity index (χ3v) is 3.99. The molecule has 0 bridgehead atoms. The van der Waals surface area contributed by atoms with E-state index in [2.05, 4.69) is 5.32 Å². The van der Waals surface area contributed by atoms with Gasteiger partial charge in [-0.3, -0.25) is 4.79 Å². The van der Waals surface area contributed by atoms with Gasteiger partial charge in [0.2, 0.25) is 0 Å². The standard InChI is InChI=1S/C17H17F2NO2S/c1-11(12-3-6-14(23-2)7-4-12)20-17(21)10-22-16-8-5-13(18)9-15(16)19/h3-9,11H,10H2,1-2H3,(H,20,21). The largest absolute Gasteiger partial charge is 0.481 e. The summed E-state index contributed by atoms with van der Waals surface area (Å²) in [5.74, 6) is -2.06. The topological polar surface area (TPSA) is 38.3 Å².